The molecule has 0 amide bonds. The van der Waals surface area contributed by atoms with Crippen molar-refractivity contribution in [2.24, 2.45) is 10.4 Å². The maximum Gasteiger partial charge on any atom is 0.193 e. The number of halogens is 1. The van der Waals surface area contributed by atoms with Gasteiger partial charge in [0.25, 0.3) is 0 Å². The van der Waals surface area contributed by atoms with Crippen molar-refractivity contribution in [3.05, 3.63) is 0 Å². The molecule has 0 radical (unpaired) electrons. The molecule has 1 saturated heterocycles. The van der Waals surface area contributed by atoms with Crippen molar-refractivity contribution in [1.82, 2.24) is 10.2 Å². The van der Waals surface area contributed by atoms with E-state index in [0.29, 0.717) is 11.5 Å². The molecule has 0 unspecified atom stereocenters. The first-order valence-corrected chi connectivity index (χ1v) is 10.4. The fourth-order valence-electron chi connectivity index (χ4n) is 4.10. The van der Waals surface area contributed by atoms with Crippen molar-refractivity contribution in [3.8, 4) is 0 Å². The van der Waals surface area contributed by atoms with Gasteiger partial charge < -0.3 is 19.7 Å². The summed E-state index contributed by atoms with van der Waals surface area (Å²) in [6, 6.07) is 0. The van der Waals surface area contributed by atoms with E-state index < -0.39 is 0 Å². The van der Waals surface area contributed by atoms with Crippen LogP contribution in [0, 0.1) is 5.41 Å². The van der Waals surface area contributed by atoms with Gasteiger partial charge in [-0.25, -0.2) is 0 Å². The van der Waals surface area contributed by atoms with E-state index in [-0.39, 0.29) is 24.0 Å². The molecule has 0 aromatic heterocycles. The molecule has 1 heterocycles. The smallest absolute Gasteiger partial charge is 0.193 e. The third kappa shape index (κ3) is 7.50. The molecular weight excluding hydrogens is 441 g/mol. The van der Waals surface area contributed by atoms with Gasteiger partial charge in [-0.05, 0) is 50.9 Å². The van der Waals surface area contributed by atoms with Gasteiger partial charge in [0.1, 0.15) is 0 Å². The van der Waals surface area contributed by atoms with Crippen molar-refractivity contribution < 1.29 is 9.47 Å². The fourth-order valence-corrected chi connectivity index (χ4v) is 4.10. The van der Waals surface area contributed by atoms with Crippen LogP contribution >= 0.6 is 24.0 Å². The summed E-state index contributed by atoms with van der Waals surface area (Å²) >= 11 is 0. The molecule has 0 aromatic carbocycles. The van der Waals surface area contributed by atoms with E-state index in [4.69, 9.17) is 14.5 Å². The molecular formula is C20H40IN3O2. The standard InChI is InChI=1S/C20H39N3O2.HI/c1-4-20(11-6-7-12-20)17-22-19(21-5-2)23-13-9-18(10-14-23)25-16-8-15-24-3;/h18H,4-17H2,1-3H3,(H,21,22);1H. The second-order valence-electron chi connectivity index (χ2n) is 7.63. The van der Waals surface area contributed by atoms with Gasteiger partial charge in [0.15, 0.2) is 5.96 Å². The fraction of sp³-hybridized carbons (Fsp3) is 0.950. The first-order valence-electron chi connectivity index (χ1n) is 10.4. The SMILES string of the molecule is CCNC(=NCC1(CC)CCCC1)N1CCC(OCCCOC)CC1.I. The highest BCUT2D eigenvalue weighted by molar-refractivity contribution is 14.0. The van der Waals surface area contributed by atoms with E-state index in [1.54, 1.807) is 7.11 Å². The average Bonchev–Trinajstić information content (AvgIpc) is 3.12. The van der Waals surface area contributed by atoms with Crippen molar-refractivity contribution in [1.29, 1.82) is 0 Å². The zero-order valence-corrected chi connectivity index (χ0v) is 19.4. The zero-order valence-electron chi connectivity index (χ0n) is 17.1. The number of aliphatic imine (C=N–C) groups is 1. The van der Waals surface area contributed by atoms with Crippen LogP contribution in [0.2, 0.25) is 0 Å². The highest BCUT2D eigenvalue weighted by Gasteiger charge is 2.32. The predicted octanol–water partition coefficient (Wildman–Crippen LogP) is 4.06. The predicted molar refractivity (Wildman–Crippen MR) is 120 cm³/mol. The second-order valence-corrected chi connectivity index (χ2v) is 7.63. The van der Waals surface area contributed by atoms with Gasteiger partial charge in [-0.1, -0.05) is 19.8 Å². The Morgan fingerprint density at radius 2 is 1.85 bits per heavy atom. The average molecular weight is 481 g/mol. The lowest BCUT2D eigenvalue weighted by molar-refractivity contribution is 0.00987. The summed E-state index contributed by atoms with van der Waals surface area (Å²) in [6.07, 6.45) is 10.3. The summed E-state index contributed by atoms with van der Waals surface area (Å²) in [5.41, 5.74) is 0.462. The molecule has 1 saturated carbocycles. The highest BCUT2D eigenvalue weighted by atomic mass is 127. The molecule has 1 aliphatic carbocycles. The summed E-state index contributed by atoms with van der Waals surface area (Å²) in [5, 5.41) is 3.51. The van der Waals surface area contributed by atoms with Crippen LogP contribution < -0.4 is 5.32 Å². The molecule has 2 rings (SSSR count). The second kappa shape index (κ2) is 13.2. The molecule has 0 atom stereocenters. The number of guanidine groups is 1. The number of likely N-dealkylation sites (tertiary alicyclic amines) is 1. The molecule has 0 bridgehead atoms. The van der Waals surface area contributed by atoms with E-state index in [1.165, 1.54) is 32.1 Å². The van der Waals surface area contributed by atoms with Gasteiger partial charge in [0, 0.05) is 46.5 Å². The van der Waals surface area contributed by atoms with Crippen LogP contribution in [-0.2, 0) is 9.47 Å². The summed E-state index contributed by atoms with van der Waals surface area (Å²) in [5.74, 6) is 1.11. The highest BCUT2D eigenvalue weighted by Crippen LogP contribution is 2.41. The van der Waals surface area contributed by atoms with Crippen molar-refractivity contribution >= 4 is 29.9 Å². The lowest BCUT2D eigenvalue weighted by Crippen LogP contribution is -2.47. The third-order valence-corrected chi connectivity index (χ3v) is 5.90. The minimum Gasteiger partial charge on any atom is -0.385 e. The summed E-state index contributed by atoms with van der Waals surface area (Å²) in [6.45, 7) is 10.1. The number of methoxy groups -OCH3 is 1. The molecule has 5 nitrogen and oxygen atoms in total. The molecule has 2 fully saturated rings. The van der Waals surface area contributed by atoms with Gasteiger partial charge in [-0.3, -0.25) is 4.99 Å². The Morgan fingerprint density at radius 1 is 1.15 bits per heavy atom. The van der Waals surface area contributed by atoms with Gasteiger partial charge in [0.05, 0.1) is 6.10 Å². The first kappa shape index (κ1) is 24.0. The maximum absolute atomic E-state index is 5.98. The molecule has 0 spiro atoms. The topological polar surface area (TPSA) is 46.1 Å². The quantitative estimate of drug-likeness (QED) is 0.234. The lowest BCUT2D eigenvalue weighted by atomic mass is 9.83. The van der Waals surface area contributed by atoms with E-state index in [0.717, 1.165) is 64.6 Å². The molecule has 26 heavy (non-hydrogen) atoms. The van der Waals surface area contributed by atoms with E-state index >= 15 is 0 Å². The molecule has 6 heteroatoms. The Balaban J connectivity index is 0.00000338. The zero-order chi connectivity index (χ0) is 18.0. The number of nitrogens with one attached hydrogen (secondary N) is 1. The van der Waals surface area contributed by atoms with Crippen LogP contribution in [0.25, 0.3) is 0 Å². The van der Waals surface area contributed by atoms with E-state index in [1.807, 2.05) is 0 Å². The minimum absolute atomic E-state index is 0. The Hall–Kier alpha value is -0.0800. The number of hydrogen-bond acceptors (Lipinski definition) is 3. The van der Waals surface area contributed by atoms with Crippen LogP contribution in [0.5, 0.6) is 0 Å². The van der Waals surface area contributed by atoms with Gasteiger partial charge >= 0.3 is 0 Å². The van der Waals surface area contributed by atoms with E-state index in [9.17, 15) is 0 Å². The molecule has 0 aromatic rings. The first-order chi connectivity index (χ1) is 12.2. The Kier molecular flexibility index (Phi) is 12.1. The summed E-state index contributed by atoms with van der Waals surface area (Å²) < 4.78 is 11.1. The normalized spacial score (nSPS) is 20.9. The largest absolute Gasteiger partial charge is 0.385 e. The Bertz CT molecular complexity index is 393. The lowest BCUT2D eigenvalue weighted by Gasteiger charge is -2.35. The van der Waals surface area contributed by atoms with Crippen molar-refractivity contribution in [3.63, 3.8) is 0 Å². The molecule has 1 aliphatic heterocycles. The summed E-state index contributed by atoms with van der Waals surface area (Å²) in [4.78, 5) is 7.48. The van der Waals surface area contributed by atoms with Gasteiger partial charge in [0.2, 0.25) is 0 Å². The van der Waals surface area contributed by atoms with Crippen LogP contribution in [0.15, 0.2) is 4.99 Å². The van der Waals surface area contributed by atoms with Crippen LogP contribution in [0.4, 0.5) is 0 Å². The number of hydrogen-bond donors (Lipinski definition) is 1. The van der Waals surface area contributed by atoms with Gasteiger partial charge in [-0.2, -0.15) is 0 Å². The Labute approximate surface area is 177 Å². The monoisotopic (exact) mass is 481 g/mol. The molecule has 1 N–H and O–H groups in total. The number of ether oxygens (including phenoxy) is 2. The number of nitrogens with zero attached hydrogens (tertiary/aromatic N) is 2. The number of piperidine rings is 1. The van der Waals surface area contributed by atoms with Crippen LogP contribution in [0.3, 0.4) is 0 Å². The van der Waals surface area contributed by atoms with Crippen molar-refractivity contribution in [2.45, 2.75) is 71.3 Å². The van der Waals surface area contributed by atoms with Crippen molar-refractivity contribution in [2.75, 3.05) is 46.5 Å². The van der Waals surface area contributed by atoms with Crippen LogP contribution in [-0.4, -0.2) is 63.5 Å². The Morgan fingerprint density at radius 3 is 2.42 bits per heavy atom. The van der Waals surface area contributed by atoms with Gasteiger partial charge in [-0.15, -0.1) is 24.0 Å². The molecule has 2 aliphatic rings. The van der Waals surface area contributed by atoms with Crippen LogP contribution in [0.1, 0.15) is 65.2 Å². The number of rotatable bonds is 9. The minimum atomic E-state index is 0. The maximum atomic E-state index is 5.98. The third-order valence-electron chi connectivity index (χ3n) is 5.90. The summed E-state index contributed by atoms with van der Waals surface area (Å²) in [7, 11) is 1.74. The molecule has 154 valence electrons. The van der Waals surface area contributed by atoms with E-state index in [2.05, 4.69) is 24.1 Å².